The molecule has 2 aliphatic heterocycles. The summed E-state index contributed by atoms with van der Waals surface area (Å²) in [5.74, 6) is -17.3. The van der Waals surface area contributed by atoms with E-state index in [4.69, 9.17) is 23.2 Å². The molecule has 1 aromatic heterocycles. The van der Waals surface area contributed by atoms with Gasteiger partial charge in [0.15, 0.2) is 11.6 Å². The maximum Gasteiger partial charge on any atom is 0.326 e. The number of hydrogen-bond acceptors (Lipinski definition) is 20. The lowest BCUT2D eigenvalue weighted by Gasteiger charge is -2.37. The summed E-state index contributed by atoms with van der Waals surface area (Å²) in [5, 5.41) is 66.2. The number of carbonyl (C=O) groups is 12. The van der Waals surface area contributed by atoms with Crippen LogP contribution in [0.1, 0.15) is 72.4 Å². The van der Waals surface area contributed by atoms with Crippen LogP contribution in [0.25, 0.3) is 10.9 Å². The number of hydrogen-bond donors (Lipinski definition) is 13. The fourth-order valence-corrected chi connectivity index (χ4v) is 16.3. The van der Waals surface area contributed by atoms with Gasteiger partial charge in [-0.2, -0.15) is 0 Å². The zero-order chi connectivity index (χ0) is 89.0. The van der Waals surface area contributed by atoms with Crippen molar-refractivity contribution in [3.63, 3.8) is 0 Å². The van der Waals surface area contributed by atoms with E-state index >= 15 is 33.2 Å². The first kappa shape index (κ1) is 94.4. The van der Waals surface area contributed by atoms with Gasteiger partial charge in [0.25, 0.3) is 0 Å². The maximum absolute atomic E-state index is 16.1. The van der Waals surface area contributed by atoms with Crippen molar-refractivity contribution in [2.45, 2.75) is 156 Å². The zero-order valence-corrected chi connectivity index (χ0v) is 70.8. The third-order valence-electron chi connectivity index (χ3n) is 21.3. The highest BCUT2D eigenvalue weighted by molar-refractivity contribution is 7.90. The Morgan fingerprint density at radius 2 is 1.00 bits per heavy atom. The number of H-pyrrole nitrogens is 1. The number of carbonyl (C=O) groups excluding carboxylic acids is 11. The molecule has 654 valence electrons. The summed E-state index contributed by atoms with van der Waals surface area (Å²) < 4.78 is 67.4. The molecule has 2 fully saturated rings. The van der Waals surface area contributed by atoms with Gasteiger partial charge in [0.2, 0.25) is 65.0 Å². The van der Waals surface area contributed by atoms with Crippen LogP contribution in [0, 0.1) is 5.82 Å². The Morgan fingerprint density at radius 3 is 1.55 bits per heavy atom. The second-order valence-corrected chi connectivity index (χ2v) is 36.0. The number of nitrogens with zero attached hydrogens (tertiary/aromatic N) is 4. The van der Waals surface area contributed by atoms with Gasteiger partial charge in [-0.25, -0.2) is 26.0 Å². The number of carboxylic acids is 1. The average Bonchev–Trinajstić information content (AvgIpc) is 1.27. The van der Waals surface area contributed by atoms with E-state index in [0.717, 1.165) is 53.3 Å². The van der Waals surface area contributed by atoms with Gasteiger partial charge in [0.05, 0.1) is 36.6 Å². The lowest BCUT2D eigenvalue weighted by molar-refractivity contribution is -0.150. The molecule has 13 atom stereocenters. The van der Waals surface area contributed by atoms with Gasteiger partial charge in [-0.3, -0.25) is 58.1 Å². The van der Waals surface area contributed by atoms with Gasteiger partial charge in [-0.1, -0.05) is 132 Å². The molecule has 0 saturated carbocycles. The minimum atomic E-state index is -4.02. The van der Waals surface area contributed by atoms with Gasteiger partial charge < -0.3 is 82.2 Å². The molecule has 2 saturated heterocycles. The molecule has 122 heavy (non-hydrogen) atoms. The zero-order valence-electron chi connectivity index (χ0n) is 67.7. The number of rotatable bonds is 21. The van der Waals surface area contributed by atoms with Crippen LogP contribution in [0.2, 0.25) is 10.0 Å². The van der Waals surface area contributed by atoms with Gasteiger partial charge in [0, 0.05) is 93.0 Å². The summed E-state index contributed by atoms with van der Waals surface area (Å²) in [6.07, 6.45) is -3.63. The molecule has 0 aliphatic carbocycles. The molecule has 9 rings (SSSR count). The van der Waals surface area contributed by atoms with Crippen molar-refractivity contribution >= 4 is 125 Å². The smallest absolute Gasteiger partial charge is 0.326 e. The van der Waals surface area contributed by atoms with Gasteiger partial charge in [-0.15, -0.1) is 0 Å². The fraction of sp³-hybridized carbons (Fsp3) is 0.405. The number of aromatic nitrogens is 1. The average molecular weight is 1770 g/mol. The molecule has 11 amide bonds. The Bertz CT molecular complexity index is 5210. The number of aliphatic hydroxyl groups is 2. The second kappa shape index (κ2) is 42.9. The second-order valence-electron chi connectivity index (χ2n) is 30.6. The summed E-state index contributed by atoms with van der Waals surface area (Å²) in [6.45, 7) is -0.280. The first-order valence-electron chi connectivity index (χ1n) is 39.2. The Balaban J connectivity index is 1.20. The quantitative estimate of drug-likeness (QED) is 0.0486. The number of nitrogens with one attached hydrogen (secondary N) is 9. The Labute approximate surface area is 714 Å². The highest BCUT2D eigenvalue weighted by Crippen LogP contribution is 2.26. The van der Waals surface area contributed by atoms with Crippen LogP contribution in [-0.4, -0.2) is 270 Å². The van der Waals surface area contributed by atoms with Crippen LogP contribution in [0.5, 0.6) is 5.75 Å². The van der Waals surface area contributed by atoms with Crippen LogP contribution in [-0.2, 0) is 116 Å². The number of aromatic amines is 1. The normalized spacial score (nSPS) is 23.8. The Hall–Kier alpha value is -11.4. The van der Waals surface area contributed by atoms with Crippen molar-refractivity contribution < 1.29 is 99.2 Å². The molecular formula is C84H100Cl2FN13O20S2. The molecule has 13 N–H and O–H groups in total. The number of aliphatic carboxylic acids is 1. The minimum Gasteiger partial charge on any atom is -0.505 e. The number of fused-ring (bicyclic) bond motifs is 1. The van der Waals surface area contributed by atoms with E-state index in [9.17, 15) is 66.0 Å². The number of likely N-dealkylation sites (tertiary alicyclic amines) is 1. The Kier molecular flexibility index (Phi) is 33.2. The molecule has 0 radical (unpaired) electrons. The van der Waals surface area contributed by atoms with Crippen LogP contribution in [0.15, 0.2) is 158 Å². The van der Waals surface area contributed by atoms with E-state index in [0.29, 0.717) is 38.1 Å². The van der Waals surface area contributed by atoms with E-state index in [1.165, 1.54) is 62.6 Å². The fourth-order valence-electron chi connectivity index (χ4n) is 14.6. The van der Waals surface area contributed by atoms with E-state index in [1.807, 2.05) is 0 Å². The summed E-state index contributed by atoms with van der Waals surface area (Å²) in [5.41, 5.74) is 2.56. The van der Waals surface area contributed by atoms with E-state index in [1.54, 1.807) is 97.2 Å². The number of carboxylic acid groups (broad SMARTS) is 1. The monoisotopic (exact) mass is 1760 g/mol. The molecule has 6 aromatic carbocycles. The lowest BCUT2D eigenvalue weighted by Crippen LogP contribution is -2.63. The number of para-hydroxylation sites is 1. The maximum atomic E-state index is 16.1. The first-order valence-corrected chi connectivity index (χ1v) is 44.1. The summed E-state index contributed by atoms with van der Waals surface area (Å²) in [6, 6.07) is 17.4. The van der Waals surface area contributed by atoms with Crippen molar-refractivity contribution in [3.05, 3.63) is 207 Å². The predicted molar refractivity (Wildman–Crippen MR) is 449 cm³/mol. The largest absolute Gasteiger partial charge is 0.505 e. The summed E-state index contributed by atoms with van der Waals surface area (Å²) >= 11 is 12.9. The number of sulfone groups is 2. The SMILES string of the molecule is C[C@@H]1NC(=O)C[C@@H](C(=O)N2CCC[C@H]2C(=O)O)NC(=O)[C@H](Cc2cccc(Cl)c2)NC(O)[C@H](Cc2ccc(O)c(F)c2)NC(=O)[C@@H](Cc2ccccc2)N(C)C(=O)[C@H](Cc2ccccc2)N(C)C(=O)[C@H](Cc2c[nH]c3ccccc23)NC(=O)[C@H](CCS(C)(=O)=O)NC(=O)[C@@H](CO)N(C)C(=O)[C@H](Cc2cccc(Cl)c2)NC(=O)[C@H](CCS(C)(=O)=O)NC1=O. The van der Waals surface area contributed by atoms with Crippen LogP contribution in [0.3, 0.4) is 0 Å². The first-order chi connectivity index (χ1) is 57.7. The van der Waals surface area contributed by atoms with E-state index in [2.05, 4.69) is 47.5 Å². The summed E-state index contributed by atoms with van der Waals surface area (Å²) in [4.78, 5) is 187. The number of benzene rings is 6. The van der Waals surface area contributed by atoms with Crippen molar-refractivity contribution in [1.29, 1.82) is 0 Å². The van der Waals surface area contributed by atoms with Crippen molar-refractivity contribution in [2.24, 2.45) is 0 Å². The molecule has 0 bridgehead atoms. The van der Waals surface area contributed by atoms with E-state index < -0.39 is 238 Å². The van der Waals surface area contributed by atoms with Gasteiger partial charge in [-0.05, 0) is 121 Å². The number of amides is 11. The molecule has 7 aromatic rings. The highest BCUT2D eigenvalue weighted by Gasteiger charge is 2.44. The number of likely N-dealkylation sites (N-methyl/N-ethyl adjacent to an activating group) is 3. The van der Waals surface area contributed by atoms with E-state index in [-0.39, 0.29) is 59.8 Å². The number of aromatic hydroxyl groups is 1. The van der Waals surface area contributed by atoms with Crippen LogP contribution >= 0.6 is 23.2 Å². The van der Waals surface area contributed by atoms with Gasteiger partial charge in [0.1, 0.15) is 86.3 Å². The van der Waals surface area contributed by atoms with Crippen molar-refractivity contribution in [2.75, 3.05) is 58.3 Å². The Morgan fingerprint density at radius 1 is 0.516 bits per heavy atom. The van der Waals surface area contributed by atoms with Crippen LogP contribution in [0.4, 0.5) is 4.39 Å². The van der Waals surface area contributed by atoms with Crippen LogP contribution < -0.4 is 42.5 Å². The molecule has 2 aliphatic rings. The lowest BCUT2D eigenvalue weighted by atomic mass is 9.97. The highest BCUT2D eigenvalue weighted by atomic mass is 35.5. The number of phenols is 1. The molecular weight excluding hydrogens is 1670 g/mol. The molecule has 38 heteroatoms. The number of phenolic OH excluding ortho intramolecular Hbond substituents is 1. The molecule has 33 nitrogen and oxygen atoms in total. The van der Waals surface area contributed by atoms with Crippen molar-refractivity contribution in [3.8, 4) is 5.75 Å². The number of halogens is 3. The van der Waals surface area contributed by atoms with Crippen molar-refractivity contribution in [1.82, 2.24) is 67.1 Å². The third-order valence-corrected chi connectivity index (χ3v) is 23.7. The minimum absolute atomic E-state index is 0.0323. The third kappa shape index (κ3) is 26.5. The standard InChI is InChI=1S/C84H100Cl2FN13O20S2/c1-48-73(104)90-60(31-34-121(5,117)118)74(105)94-64(41-52-23-16-25-56(86)37-52)80(111)99(4)70(47-101)79(110)91-61(32-35-122(6,119)120)75(106)95-65(44-54-46-88-59-27-14-13-26-57(54)59)81(112)98(3)69(43-50-20-11-8-12-21-50)83(114)97(2)68(42-49-18-9-7-10-19-49)78(109)93-63(40-53-29-30-71(102)58(87)38-53)76(107)92-62(39-51-22-15-24-55(85)36-51)77(108)96-66(45-72(103)89-48)82(113)100-33-17-28-67(100)84(115)116/h7-16,18-27,29-30,36-38,46,48,60-70,76,88,92,101-102,107H,17,28,31-35,39-45,47H2,1-6H3,(H,89,103)(H,90,104)(H,91,110)(H,93,109)(H,94,105)(H,95,106)(H,96,108)(H,115,116)/t48-,60-,61-,62-,63-,64-,65-,66-,67-,68+,69-,70+,76?/m0/s1. The summed E-state index contributed by atoms with van der Waals surface area (Å²) in [7, 11) is -4.42. The van der Waals surface area contributed by atoms with Gasteiger partial charge >= 0.3 is 5.97 Å². The topological polar surface area (TPSA) is 479 Å². The predicted octanol–water partition coefficient (Wildman–Crippen LogP) is 1.59. The number of aliphatic hydroxyl groups excluding tert-OH is 2. The molecule has 1 unspecified atom stereocenters. The molecule has 3 heterocycles. The molecule has 0 spiro atoms.